The summed E-state index contributed by atoms with van der Waals surface area (Å²) in [6, 6.07) is 13.7. The molecule has 1 atom stereocenters. The van der Waals surface area contributed by atoms with Gasteiger partial charge in [-0.2, -0.15) is 0 Å². The SMILES string of the molecule is CC(C)c1nnc2c3ccccc3nc(N3CCN(C(=O)c4cccc(F)c4)C(C)C3)n12. The first-order chi connectivity index (χ1) is 15.4. The minimum absolute atomic E-state index is 0.0678. The van der Waals surface area contributed by atoms with Gasteiger partial charge in [0, 0.05) is 42.5 Å². The number of nitrogens with zero attached hydrogens (tertiary/aromatic N) is 6. The predicted molar refractivity (Wildman–Crippen MR) is 121 cm³/mol. The van der Waals surface area contributed by atoms with Crippen LogP contribution in [0.5, 0.6) is 0 Å². The Morgan fingerprint density at radius 2 is 1.91 bits per heavy atom. The lowest BCUT2D eigenvalue weighted by Crippen LogP contribution is -2.54. The number of fused-ring (bicyclic) bond motifs is 3. The van der Waals surface area contributed by atoms with Crippen molar-refractivity contribution in [1.29, 1.82) is 0 Å². The van der Waals surface area contributed by atoms with Gasteiger partial charge < -0.3 is 9.80 Å². The number of rotatable bonds is 3. The van der Waals surface area contributed by atoms with Crippen molar-refractivity contribution < 1.29 is 9.18 Å². The number of carbonyl (C=O) groups excluding carboxylic acids is 1. The third-order valence-corrected chi connectivity index (χ3v) is 6.01. The van der Waals surface area contributed by atoms with Gasteiger partial charge in [-0.05, 0) is 37.3 Å². The highest BCUT2D eigenvalue weighted by Gasteiger charge is 2.31. The number of hydrogen-bond acceptors (Lipinski definition) is 5. The number of benzene rings is 2. The lowest BCUT2D eigenvalue weighted by atomic mass is 10.1. The molecule has 0 spiro atoms. The molecular formula is C24H25FN6O. The number of para-hydroxylation sites is 1. The van der Waals surface area contributed by atoms with Crippen LogP contribution in [0.3, 0.4) is 0 Å². The number of hydrogen-bond donors (Lipinski definition) is 0. The summed E-state index contributed by atoms with van der Waals surface area (Å²) in [6.45, 7) is 7.93. The van der Waals surface area contributed by atoms with Crippen LogP contribution in [0.15, 0.2) is 48.5 Å². The van der Waals surface area contributed by atoms with E-state index in [4.69, 9.17) is 4.98 Å². The van der Waals surface area contributed by atoms with Gasteiger partial charge in [0.05, 0.1) is 5.52 Å². The number of anilines is 1. The Balaban J connectivity index is 1.51. The van der Waals surface area contributed by atoms with Crippen molar-refractivity contribution in [2.24, 2.45) is 0 Å². The number of halogens is 1. The fourth-order valence-corrected chi connectivity index (χ4v) is 4.40. The topological polar surface area (TPSA) is 66.6 Å². The average molecular weight is 433 g/mol. The second kappa shape index (κ2) is 7.85. The number of piperazine rings is 1. The standard InChI is InChI=1S/C24H25FN6O/c1-15(2)21-27-28-22-19-9-4-5-10-20(19)26-24(31(21)22)29-11-12-30(16(3)14-29)23(32)17-7-6-8-18(25)13-17/h4-10,13,15-16H,11-12,14H2,1-3H3. The van der Waals surface area contributed by atoms with E-state index in [0.717, 1.165) is 28.3 Å². The molecular weight excluding hydrogens is 407 g/mol. The maximum absolute atomic E-state index is 13.6. The van der Waals surface area contributed by atoms with E-state index < -0.39 is 5.82 Å². The molecule has 2 aromatic heterocycles. The summed E-state index contributed by atoms with van der Waals surface area (Å²) in [7, 11) is 0. The molecule has 1 aliphatic heterocycles. The van der Waals surface area contributed by atoms with Gasteiger partial charge in [-0.15, -0.1) is 10.2 Å². The van der Waals surface area contributed by atoms with E-state index in [9.17, 15) is 9.18 Å². The van der Waals surface area contributed by atoms with Crippen LogP contribution >= 0.6 is 0 Å². The lowest BCUT2D eigenvalue weighted by molar-refractivity contribution is 0.0672. The van der Waals surface area contributed by atoms with Crippen LogP contribution in [0.1, 0.15) is 42.9 Å². The molecule has 1 amide bonds. The summed E-state index contributed by atoms with van der Waals surface area (Å²) in [5.74, 6) is 1.27. The van der Waals surface area contributed by atoms with E-state index >= 15 is 0 Å². The molecule has 32 heavy (non-hydrogen) atoms. The predicted octanol–water partition coefficient (Wildman–Crippen LogP) is 3.89. The summed E-state index contributed by atoms with van der Waals surface area (Å²) >= 11 is 0. The number of amides is 1. The summed E-state index contributed by atoms with van der Waals surface area (Å²) in [5.41, 5.74) is 2.03. The van der Waals surface area contributed by atoms with E-state index in [1.54, 1.807) is 17.0 Å². The maximum Gasteiger partial charge on any atom is 0.254 e. The number of carbonyl (C=O) groups is 1. The minimum Gasteiger partial charge on any atom is -0.338 e. The highest BCUT2D eigenvalue weighted by atomic mass is 19.1. The van der Waals surface area contributed by atoms with E-state index in [1.165, 1.54) is 12.1 Å². The molecule has 3 heterocycles. The van der Waals surface area contributed by atoms with E-state index in [0.29, 0.717) is 25.2 Å². The Kier molecular flexibility index (Phi) is 5.00. The largest absolute Gasteiger partial charge is 0.338 e. The molecule has 0 N–H and O–H groups in total. The Morgan fingerprint density at radius 1 is 1.09 bits per heavy atom. The van der Waals surface area contributed by atoms with Crippen LogP contribution in [-0.4, -0.2) is 56.1 Å². The fourth-order valence-electron chi connectivity index (χ4n) is 4.40. The molecule has 0 aliphatic carbocycles. The third kappa shape index (κ3) is 3.36. The van der Waals surface area contributed by atoms with Gasteiger partial charge in [-0.25, -0.2) is 13.8 Å². The van der Waals surface area contributed by atoms with Crippen molar-refractivity contribution in [1.82, 2.24) is 24.5 Å². The average Bonchev–Trinajstić information content (AvgIpc) is 3.24. The van der Waals surface area contributed by atoms with Crippen LogP contribution in [-0.2, 0) is 0 Å². The smallest absolute Gasteiger partial charge is 0.254 e. The molecule has 7 nitrogen and oxygen atoms in total. The van der Waals surface area contributed by atoms with Crippen molar-refractivity contribution in [3.63, 3.8) is 0 Å². The van der Waals surface area contributed by atoms with Gasteiger partial charge >= 0.3 is 0 Å². The quantitative estimate of drug-likeness (QED) is 0.491. The highest BCUT2D eigenvalue weighted by molar-refractivity contribution is 5.95. The molecule has 1 aliphatic rings. The van der Waals surface area contributed by atoms with Crippen molar-refractivity contribution >= 4 is 28.4 Å². The number of aromatic nitrogens is 4. The molecule has 5 rings (SSSR count). The molecule has 164 valence electrons. The normalized spacial score (nSPS) is 17.0. The van der Waals surface area contributed by atoms with Crippen molar-refractivity contribution in [2.75, 3.05) is 24.5 Å². The van der Waals surface area contributed by atoms with Crippen LogP contribution < -0.4 is 4.90 Å². The first-order valence-corrected chi connectivity index (χ1v) is 10.9. The van der Waals surface area contributed by atoms with Gasteiger partial charge in [-0.3, -0.25) is 4.79 Å². The van der Waals surface area contributed by atoms with Crippen LogP contribution in [0.2, 0.25) is 0 Å². The van der Waals surface area contributed by atoms with Crippen LogP contribution in [0.25, 0.3) is 16.6 Å². The molecule has 1 saturated heterocycles. The Hall–Kier alpha value is -3.55. The zero-order chi connectivity index (χ0) is 22.4. The first kappa shape index (κ1) is 20.4. The summed E-state index contributed by atoms with van der Waals surface area (Å²) in [6.07, 6.45) is 0. The van der Waals surface area contributed by atoms with Gasteiger partial charge in [0.2, 0.25) is 5.95 Å². The molecule has 2 aromatic carbocycles. The van der Waals surface area contributed by atoms with E-state index in [-0.39, 0.29) is 17.9 Å². The van der Waals surface area contributed by atoms with Crippen molar-refractivity contribution in [3.05, 3.63) is 65.7 Å². The summed E-state index contributed by atoms with van der Waals surface area (Å²) in [4.78, 5) is 22.0. The minimum atomic E-state index is -0.404. The van der Waals surface area contributed by atoms with Gasteiger partial charge in [0.15, 0.2) is 5.65 Å². The Morgan fingerprint density at radius 3 is 2.66 bits per heavy atom. The Labute approximate surface area is 185 Å². The maximum atomic E-state index is 13.6. The second-order valence-electron chi connectivity index (χ2n) is 8.60. The summed E-state index contributed by atoms with van der Waals surface area (Å²) < 4.78 is 15.7. The molecule has 4 aromatic rings. The van der Waals surface area contributed by atoms with Crippen molar-refractivity contribution in [3.8, 4) is 0 Å². The summed E-state index contributed by atoms with van der Waals surface area (Å²) in [5, 5.41) is 9.90. The zero-order valence-corrected chi connectivity index (χ0v) is 18.4. The molecule has 1 fully saturated rings. The lowest BCUT2D eigenvalue weighted by Gasteiger charge is -2.40. The molecule has 0 saturated carbocycles. The molecule has 0 radical (unpaired) electrons. The zero-order valence-electron chi connectivity index (χ0n) is 18.4. The van der Waals surface area contributed by atoms with E-state index in [2.05, 4.69) is 28.9 Å². The first-order valence-electron chi connectivity index (χ1n) is 10.9. The van der Waals surface area contributed by atoms with Crippen LogP contribution in [0, 0.1) is 5.82 Å². The van der Waals surface area contributed by atoms with Gasteiger partial charge in [0.1, 0.15) is 11.6 Å². The molecule has 0 bridgehead atoms. The highest BCUT2D eigenvalue weighted by Crippen LogP contribution is 2.28. The van der Waals surface area contributed by atoms with Crippen molar-refractivity contribution in [2.45, 2.75) is 32.7 Å². The fraction of sp³-hybridized carbons (Fsp3) is 0.333. The second-order valence-corrected chi connectivity index (χ2v) is 8.60. The van der Waals surface area contributed by atoms with Gasteiger partial charge in [-0.1, -0.05) is 32.0 Å². The molecule has 8 heteroatoms. The third-order valence-electron chi connectivity index (χ3n) is 6.01. The van der Waals surface area contributed by atoms with E-state index in [1.807, 2.05) is 35.6 Å². The Bertz CT molecular complexity index is 1320. The van der Waals surface area contributed by atoms with Crippen LogP contribution in [0.4, 0.5) is 10.3 Å². The van der Waals surface area contributed by atoms with Gasteiger partial charge in [0.25, 0.3) is 5.91 Å². The monoisotopic (exact) mass is 432 g/mol. The molecule has 1 unspecified atom stereocenters.